The Balaban J connectivity index is 1.43. The van der Waals surface area contributed by atoms with E-state index in [-0.39, 0.29) is 5.91 Å². The number of nitrogens with one attached hydrogen (secondary N) is 1. The zero-order valence-corrected chi connectivity index (χ0v) is 15.3. The quantitative estimate of drug-likeness (QED) is 0.630. The third-order valence-electron chi connectivity index (χ3n) is 3.97. The van der Waals surface area contributed by atoms with Crippen molar-refractivity contribution in [3.63, 3.8) is 0 Å². The standard InChI is InChI=1S/C20H23N5O2/c1-2-13-27-19-6-3-16(4-7-19)5-8-20(26)22-14-17-15-25(24-23-17)18-9-11-21-12-10-18/h3-4,6-7,9-12,15H,2,5,8,13-14H2,1H3,(H,22,26). The molecule has 140 valence electrons. The number of hydrogen-bond donors (Lipinski definition) is 1. The summed E-state index contributed by atoms with van der Waals surface area (Å²) in [5.74, 6) is 0.849. The number of aromatic nitrogens is 4. The van der Waals surface area contributed by atoms with E-state index in [4.69, 9.17) is 4.74 Å². The van der Waals surface area contributed by atoms with Gasteiger partial charge >= 0.3 is 0 Å². The van der Waals surface area contributed by atoms with E-state index in [0.717, 1.165) is 23.4 Å². The molecule has 0 unspecified atom stereocenters. The van der Waals surface area contributed by atoms with Crippen LogP contribution in [0, 0.1) is 0 Å². The maximum absolute atomic E-state index is 12.1. The van der Waals surface area contributed by atoms with Gasteiger partial charge in [-0.25, -0.2) is 4.68 Å². The van der Waals surface area contributed by atoms with Crippen molar-refractivity contribution in [1.29, 1.82) is 0 Å². The van der Waals surface area contributed by atoms with Crippen LogP contribution in [0.4, 0.5) is 0 Å². The van der Waals surface area contributed by atoms with Crippen LogP contribution in [0.1, 0.15) is 31.0 Å². The van der Waals surface area contributed by atoms with Crippen molar-refractivity contribution >= 4 is 5.91 Å². The predicted molar refractivity (Wildman–Crippen MR) is 102 cm³/mol. The normalized spacial score (nSPS) is 10.6. The van der Waals surface area contributed by atoms with Gasteiger partial charge in [0.1, 0.15) is 11.4 Å². The minimum absolute atomic E-state index is 0.0141. The summed E-state index contributed by atoms with van der Waals surface area (Å²) in [6, 6.07) is 11.6. The van der Waals surface area contributed by atoms with Gasteiger partial charge in [-0.05, 0) is 42.7 Å². The van der Waals surface area contributed by atoms with Crippen LogP contribution >= 0.6 is 0 Å². The van der Waals surface area contributed by atoms with Gasteiger partial charge in [-0.1, -0.05) is 24.3 Å². The highest BCUT2D eigenvalue weighted by molar-refractivity contribution is 5.76. The highest BCUT2D eigenvalue weighted by atomic mass is 16.5. The lowest BCUT2D eigenvalue weighted by Crippen LogP contribution is -2.23. The van der Waals surface area contributed by atoms with Gasteiger partial charge in [0.15, 0.2) is 0 Å². The maximum atomic E-state index is 12.1. The average molecular weight is 365 g/mol. The molecule has 0 saturated carbocycles. The van der Waals surface area contributed by atoms with E-state index < -0.39 is 0 Å². The van der Waals surface area contributed by atoms with E-state index in [2.05, 4.69) is 27.5 Å². The first-order chi connectivity index (χ1) is 13.2. The second-order valence-electron chi connectivity index (χ2n) is 6.13. The minimum Gasteiger partial charge on any atom is -0.494 e. The number of aryl methyl sites for hydroxylation is 1. The molecule has 0 aliphatic carbocycles. The van der Waals surface area contributed by atoms with Gasteiger partial charge in [0.2, 0.25) is 5.91 Å². The first-order valence-corrected chi connectivity index (χ1v) is 9.04. The first-order valence-electron chi connectivity index (χ1n) is 9.04. The van der Waals surface area contributed by atoms with Crippen molar-refractivity contribution in [2.45, 2.75) is 32.7 Å². The number of pyridine rings is 1. The van der Waals surface area contributed by atoms with Crippen LogP contribution in [-0.4, -0.2) is 32.5 Å². The summed E-state index contributed by atoms with van der Waals surface area (Å²) in [4.78, 5) is 16.1. The number of ether oxygens (including phenoxy) is 1. The fourth-order valence-electron chi connectivity index (χ4n) is 2.51. The Hall–Kier alpha value is -3.22. The summed E-state index contributed by atoms with van der Waals surface area (Å²) >= 11 is 0. The molecule has 0 atom stereocenters. The lowest BCUT2D eigenvalue weighted by molar-refractivity contribution is -0.121. The van der Waals surface area contributed by atoms with E-state index in [9.17, 15) is 4.79 Å². The number of rotatable bonds is 9. The van der Waals surface area contributed by atoms with Gasteiger partial charge in [0.25, 0.3) is 0 Å². The fourth-order valence-corrected chi connectivity index (χ4v) is 2.51. The van der Waals surface area contributed by atoms with Crippen LogP contribution in [0.2, 0.25) is 0 Å². The SMILES string of the molecule is CCCOc1ccc(CCC(=O)NCc2cn(-c3ccncc3)nn2)cc1. The molecule has 0 aliphatic heterocycles. The molecule has 3 rings (SSSR count). The summed E-state index contributed by atoms with van der Waals surface area (Å²) in [6.45, 7) is 3.15. The molecule has 7 nitrogen and oxygen atoms in total. The highest BCUT2D eigenvalue weighted by Crippen LogP contribution is 2.13. The summed E-state index contributed by atoms with van der Waals surface area (Å²) < 4.78 is 7.22. The second-order valence-corrected chi connectivity index (χ2v) is 6.13. The zero-order valence-electron chi connectivity index (χ0n) is 15.3. The Bertz CT molecular complexity index is 846. The number of hydrogen-bond acceptors (Lipinski definition) is 5. The highest BCUT2D eigenvalue weighted by Gasteiger charge is 2.06. The van der Waals surface area contributed by atoms with E-state index >= 15 is 0 Å². The number of amides is 1. The Labute approximate surface area is 158 Å². The monoisotopic (exact) mass is 365 g/mol. The van der Waals surface area contributed by atoms with Gasteiger partial charge in [0, 0.05) is 18.8 Å². The van der Waals surface area contributed by atoms with Crippen LogP contribution in [-0.2, 0) is 17.8 Å². The van der Waals surface area contributed by atoms with Crippen LogP contribution in [0.3, 0.4) is 0 Å². The van der Waals surface area contributed by atoms with Crippen molar-refractivity contribution < 1.29 is 9.53 Å². The van der Waals surface area contributed by atoms with Gasteiger partial charge in [-0.15, -0.1) is 5.10 Å². The third-order valence-corrected chi connectivity index (χ3v) is 3.97. The van der Waals surface area contributed by atoms with E-state index in [1.54, 1.807) is 23.3 Å². The van der Waals surface area contributed by atoms with Crippen LogP contribution in [0.5, 0.6) is 5.75 Å². The van der Waals surface area contributed by atoms with Crippen molar-refractivity contribution in [1.82, 2.24) is 25.3 Å². The van der Waals surface area contributed by atoms with Gasteiger partial charge in [-0.3, -0.25) is 9.78 Å². The number of carbonyl (C=O) groups is 1. The van der Waals surface area contributed by atoms with Crippen molar-refractivity contribution in [2.24, 2.45) is 0 Å². The molecular formula is C20H23N5O2. The predicted octanol–water partition coefficient (Wildman–Crippen LogP) is 2.70. The Morgan fingerprint density at radius 2 is 1.93 bits per heavy atom. The molecule has 1 amide bonds. The Kier molecular flexibility index (Phi) is 6.51. The Morgan fingerprint density at radius 1 is 1.15 bits per heavy atom. The summed E-state index contributed by atoms with van der Waals surface area (Å²) in [5.41, 5.74) is 2.69. The number of carbonyl (C=O) groups excluding carboxylic acids is 1. The second kappa shape index (κ2) is 9.47. The lowest BCUT2D eigenvalue weighted by atomic mass is 10.1. The molecule has 0 saturated heterocycles. The maximum Gasteiger partial charge on any atom is 0.220 e. The topological polar surface area (TPSA) is 81.9 Å². The van der Waals surface area contributed by atoms with Crippen molar-refractivity contribution in [2.75, 3.05) is 6.61 Å². The molecule has 2 heterocycles. The molecule has 0 fully saturated rings. The minimum atomic E-state index is -0.0141. The molecule has 3 aromatic rings. The molecule has 0 spiro atoms. The van der Waals surface area contributed by atoms with E-state index in [1.165, 1.54) is 0 Å². The van der Waals surface area contributed by atoms with Gasteiger partial charge in [-0.2, -0.15) is 0 Å². The van der Waals surface area contributed by atoms with Gasteiger partial charge < -0.3 is 10.1 Å². The molecule has 1 N–H and O–H groups in total. The molecule has 2 aromatic heterocycles. The first kappa shape index (κ1) is 18.6. The lowest BCUT2D eigenvalue weighted by Gasteiger charge is -2.06. The summed E-state index contributed by atoms with van der Waals surface area (Å²) in [6.07, 6.45) is 7.28. The largest absolute Gasteiger partial charge is 0.494 e. The molecular weight excluding hydrogens is 342 g/mol. The third kappa shape index (κ3) is 5.64. The van der Waals surface area contributed by atoms with Crippen molar-refractivity contribution in [3.8, 4) is 11.4 Å². The van der Waals surface area contributed by atoms with E-state index in [0.29, 0.717) is 31.7 Å². The van der Waals surface area contributed by atoms with Gasteiger partial charge in [0.05, 0.1) is 25.0 Å². The number of nitrogens with zero attached hydrogens (tertiary/aromatic N) is 4. The fraction of sp³-hybridized carbons (Fsp3) is 0.300. The summed E-state index contributed by atoms with van der Waals surface area (Å²) in [5, 5.41) is 11.0. The van der Waals surface area contributed by atoms with Crippen LogP contribution in [0.15, 0.2) is 55.0 Å². The molecule has 0 aliphatic rings. The van der Waals surface area contributed by atoms with E-state index in [1.807, 2.05) is 36.4 Å². The molecule has 1 aromatic carbocycles. The molecule has 7 heteroatoms. The average Bonchev–Trinajstić information content (AvgIpc) is 3.20. The van der Waals surface area contributed by atoms with Crippen LogP contribution < -0.4 is 10.1 Å². The molecule has 0 bridgehead atoms. The smallest absolute Gasteiger partial charge is 0.220 e. The zero-order chi connectivity index (χ0) is 18.9. The van der Waals surface area contributed by atoms with Crippen molar-refractivity contribution in [3.05, 3.63) is 66.2 Å². The Morgan fingerprint density at radius 3 is 2.67 bits per heavy atom. The summed E-state index contributed by atoms with van der Waals surface area (Å²) in [7, 11) is 0. The number of benzene rings is 1. The van der Waals surface area contributed by atoms with Crippen LogP contribution in [0.25, 0.3) is 5.69 Å². The molecule has 0 radical (unpaired) electrons. The molecule has 27 heavy (non-hydrogen) atoms.